The number of guanidine groups is 1. The second kappa shape index (κ2) is 8.78. The van der Waals surface area contributed by atoms with Crippen LogP contribution in [-0.4, -0.2) is 24.6 Å². The van der Waals surface area contributed by atoms with E-state index in [4.69, 9.17) is 4.74 Å². The molecule has 0 spiro atoms. The number of pyridine rings is 1. The summed E-state index contributed by atoms with van der Waals surface area (Å²) in [6, 6.07) is 14.0. The lowest BCUT2D eigenvalue weighted by Gasteiger charge is -2.11. The van der Waals surface area contributed by atoms with E-state index < -0.39 is 0 Å². The summed E-state index contributed by atoms with van der Waals surface area (Å²) in [5.41, 5.74) is 3.15. The number of aromatic nitrogens is 1. The fourth-order valence-corrected chi connectivity index (χ4v) is 2.12. The van der Waals surface area contributed by atoms with E-state index in [2.05, 4.69) is 27.5 Å². The van der Waals surface area contributed by atoms with E-state index >= 15 is 0 Å². The summed E-state index contributed by atoms with van der Waals surface area (Å²) >= 11 is 0. The lowest BCUT2D eigenvalue weighted by Crippen LogP contribution is -2.37. The smallest absolute Gasteiger partial charge is 0.191 e. The predicted molar refractivity (Wildman–Crippen MR) is 93.6 cm³/mol. The Bertz CT molecular complexity index is 638. The topological polar surface area (TPSA) is 58.5 Å². The first-order valence-electron chi connectivity index (χ1n) is 7.79. The SMILES string of the molecule is CCNC(=NCc1ccc(OC)cc1)NCc1cccc(C)n1. The number of aliphatic imine (C=N–C) groups is 1. The number of nitrogens with zero attached hydrogens (tertiary/aromatic N) is 2. The Hall–Kier alpha value is -2.56. The van der Waals surface area contributed by atoms with Gasteiger partial charge in [-0.1, -0.05) is 18.2 Å². The van der Waals surface area contributed by atoms with Crippen LogP contribution in [0.2, 0.25) is 0 Å². The molecule has 0 bridgehead atoms. The van der Waals surface area contributed by atoms with Gasteiger partial charge in [0.1, 0.15) is 5.75 Å². The molecular formula is C18H24N4O. The Kier molecular flexibility index (Phi) is 6.41. The van der Waals surface area contributed by atoms with Crippen molar-refractivity contribution in [3.05, 3.63) is 59.4 Å². The Balaban J connectivity index is 1.96. The molecule has 0 saturated carbocycles. The third kappa shape index (κ3) is 5.62. The molecule has 5 heteroatoms. The lowest BCUT2D eigenvalue weighted by molar-refractivity contribution is 0.414. The Morgan fingerprint density at radius 2 is 1.91 bits per heavy atom. The standard InChI is InChI=1S/C18H24N4O/c1-4-19-18(21-13-16-7-5-6-14(2)22-16)20-12-15-8-10-17(23-3)11-9-15/h5-11H,4,12-13H2,1-3H3,(H2,19,20,21). The molecule has 122 valence electrons. The highest BCUT2D eigenvalue weighted by atomic mass is 16.5. The second-order valence-corrected chi connectivity index (χ2v) is 5.17. The molecular weight excluding hydrogens is 288 g/mol. The third-order valence-corrected chi connectivity index (χ3v) is 3.31. The summed E-state index contributed by atoms with van der Waals surface area (Å²) in [5, 5.41) is 6.56. The molecule has 0 radical (unpaired) electrons. The maximum absolute atomic E-state index is 5.16. The number of rotatable bonds is 6. The largest absolute Gasteiger partial charge is 0.497 e. The van der Waals surface area contributed by atoms with Gasteiger partial charge in [-0.25, -0.2) is 4.99 Å². The van der Waals surface area contributed by atoms with E-state index in [9.17, 15) is 0 Å². The van der Waals surface area contributed by atoms with E-state index in [-0.39, 0.29) is 0 Å². The van der Waals surface area contributed by atoms with Gasteiger partial charge in [0.25, 0.3) is 0 Å². The molecule has 5 nitrogen and oxygen atoms in total. The van der Waals surface area contributed by atoms with Gasteiger partial charge in [-0.15, -0.1) is 0 Å². The van der Waals surface area contributed by atoms with E-state index in [0.29, 0.717) is 13.1 Å². The number of benzene rings is 1. The Morgan fingerprint density at radius 1 is 1.13 bits per heavy atom. The van der Waals surface area contributed by atoms with Crippen LogP contribution in [0.4, 0.5) is 0 Å². The molecule has 0 fully saturated rings. The number of aryl methyl sites for hydroxylation is 1. The van der Waals surface area contributed by atoms with Gasteiger partial charge in [-0.2, -0.15) is 0 Å². The normalized spacial score (nSPS) is 11.2. The van der Waals surface area contributed by atoms with Crippen LogP contribution >= 0.6 is 0 Å². The minimum absolute atomic E-state index is 0.612. The fourth-order valence-electron chi connectivity index (χ4n) is 2.12. The molecule has 2 aromatic rings. The Morgan fingerprint density at radius 3 is 2.57 bits per heavy atom. The summed E-state index contributed by atoms with van der Waals surface area (Å²) in [6.45, 7) is 6.12. The van der Waals surface area contributed by atoms with Crippen LogP contribution in [0.5, 0.6) is 5.75 Å². The van der Waals surface area contributed by atoms with E-state index in [1.807, 2.05) is 49.4 Å². The molecule has 0 saturated heterocycles. The first-order valence-corrected chi connectivity index (χ1v) is 7.79. The highest BCUT2D eigenvalue weighted by Crippen LogP contribution is 2.11. The molecule has 2 N–H and O–H groups in total. The van der Waals surface area contributed by atoms with Gasteiger partial charge in [0, 0.05) is 12.2 Å². The maximum Gasteiger partial charge on any atom is 0.191 e. The zero-order chi connectivity index (χ0) is 16.5. The van der Waals surface area contributed by atoms with E-state index in [1.54, 1.807) is 7.11 Å². The molecule has 0 aliphatic carbocycles. The second-order valence-electron chi connectivity index (χ2n) is 5.17. The van der Waals surface area contributed by atoms with Crippen LogP contribution in [0.25, 0.3) is 0 Å². The van der Waals surface area contributed by atoms with Gasteiger partial charge in [0.15, 0.2) is 5.96 Å². The van der Waals surface area contributed by atoms with E-state index in [0.717, 1.165) is 35.2 Å². The minimum Gasteiger partial charge on any atom is -0.497 e. The average molecular weight is 312 g/mol. The molecule has 0 aliphatic heterocycles. The van der Waals surface area contributed by atoms with Crippen molar-refractivity contribution in [2.24, 2.45) is 4.99 Å². The zero-order valence-electron chi connectivity index (χ0n) is 14.0. The molecule has 23 heavy (non-hydrogen) atoms. The molecule has 0 aliphatic rings. The van der Waals surface area contributed by atoms with Crippen LogP contribution in [0.1, 0.15) is 23.9 Å². The van der Waals surface area contributed by atoms with Crippen molar-refractivity contribution in [3.63, 3.8) is 0 Å². The van der Waals surface area contributed by atoms with Crippen LogP contribution in [0.15, 0.2) is 47.5 Å². The number of hydrogen-bond donors (Lipinski definition) is 2. The number of nitrogens with one attached hydrogen (secondary N) is 2. The van der Waals surface area contributed by atoms with Crippen molar-refractivity contribution < 1.29 is 4.74 Å². The molecule has 1 heterocycles. The lowest BCUT2D eigenvalue weighted by atomic mass is 10.2. The summed E-state index contributed by atoms with van der Waals surface area (Å²) < 4.78 is 5.16. The van der Waals surface area contributed by atoms with Crippen LogP contribution < -0.4 is 15.4 Å². The van der Waals surface area contributed by atoms with Crippen molar-refractivity contribution in [2.75, 3.05) is 13.7 Å². The number of ether oxygens (including phenoxy) is 1. The third-order valence-electron chi connectivity index (χ3n) is 3.31. The Labute approximate surface area is 137 Å². The number of methoxy groups -OCH3 is 1. The van der Waals surface area contributed by atoms with Crippen molar-refractivity contribution in [3.8, 4) is 5.75 Å². The molecule has 2 rings (SSSR count). The van der Waals surface area contributed by atoms with Crippen molar-refractivity contribution in [1.82, 2.24) is 15.6 Å². The highest BCUT2D eigenvalue weighted by Gasteiger charge is 2.00. The zero-order valence-corrected chi connectivity index (χ0v) is 14.0. The first kappa shape index (κ1) is 16.8. The molecule has 1 aromatic heterocycles. The quantitative estimate of drug-likeness (QED) is 0.636. The van der Waals surface area contributed by atoms with Gasteiger partial charge in [0.05, 0.1) is 25.9 Å². The highest BCUT2D eigenvalue weighted by molar-refractivity contribution is 5.79. The summed E-state index contributed by atoms with van der Waals surface area (Å²) in [5.74, 6) is 1.64. The minimum atomic E-state index is 0.612. The maximum atomic E-state index is 5.16. The number of hydrogen-bond acceptors (Lipinski definition) is 3. The molecule has 1 aromatic carbocycles. The van der Waals surface area contributed by atoms with Crippen molar-refractivity contribution in [2.45, 2.75) is 26.9 Å². The van der Waals surface area contributed by atoms with Crippen LogP contribution in [-0.2, 0) is 13.1 Å². The van der Waals surface area contributed by atoms with Crippen LogP contribution in [0.3, 0.4) is 0 Å². The van der Waals surface area contributed by atoms with Gasteiger partial charge in [-0.05, 0) is 43.7 Å². The first-order chi connectivity index (χ1) is 11.2. The molecule has 0 unspecified atom stereocenters. The van der Waals surface area contributed by atoms with Gasteiger partial charge >= 0.3 is 0 Å². The van der Waals surface area contributed by atoms with Crippen LogP contribution in [0, 0.1) is 6.92 Å². The molecule has 0 atom stereocenters. The summed E-state index contributed by atoms with van der Waals surface area (Å²) in [6.07, 6.45) is 0. The molecule has 0 amide bonds. The van der Waals surface area contributed by atoms with Crippen molar-refractivity contribution >= 4 is 5.96 Å². The van der Waals surface area contributed by atoms with Gasteiger partial charge in [-0.3, -0.25) is 4.98 Å². The monoisotopic (exact) mass is 312 g/mol. The van der Waals surface area contributed by atoms with Gasteiger partial charge in [0.2, 0.25) is 0 Å². The predicted octanol–water partition coefficient (Wildman–Crippen LogP) is 2.65. The van der Waals surface area contributed by atoms with E-state index in [1.165, 1.54) is 0 Å². The fraction of sp³-hybridized carbons (Fsp3) is 0.333. The summed E-state index contributed by atoms with van der Waals surface area (Å²) in [7, 11) is 1.67. The average Bonchev–Trinajstić information content (AvgIpc) is 2.58. The van der Waals surface area contributed by atoms with Crippen molar-refractivity contribution in [1.29, 1.82) is 0 Å². The van der Waals surface area contributed by atoms with Gasteiger partial charge < -0.3 is 15.4 Å². The summed E-state index contributed by atoms with van der Waals surface area (Å²) in [4.78, 5) is 9.09.